The Morgan fingerprint density at radius 1 is 1.25 bits per heavy atom. The smallest absolute Gasteiger partial charge is 0.266 e. The first-order chi connectivity index (χ1) is 13.5. The highest BCUT2D eigenvalue weighted by molar-refractivity contribution is 8.18. The molecule has 0 bridgehead atoms. The maximum Gasteiger partial charge on any atom is 0.266 e. The number of carbonyl (C=O) groups excluding carboxylic acids is 2. The second-order valence-corrected chi connectivity index (χ2v) is 6.87. The standard InChI is InChI=1S/C20H18FN3O3S/c1-22-20-24(2)19(26)17(28-20)11-13-5-3-4-6-16(13)27-12-18(25)23-15-9-7-14(21)8-10-15/h3-11H,12H2,1-2H3,(H,23,25)/b17-11-,22-20?. The predicted octanol–water partition coefficient (Wildman–Crippen LogP) is 3.38. The topological polar surface area (TPSA) is 71.0 Å². The maximum atomic E-state index is 12.9. The molecule has 3 rings (SSSR count). The molecule has 2 amide bonds. The molecule has 1 heterocycles. The van der Waals surface area contributed by atoms with Crippen LogP contribution in [-0.4, -0.2) is 42.6 Å². The van der Waals surface area contributed by atoms with Crippen molar-refractivity contribution in [3.05, 3.63) is 64.8 Å². The number of rotatable bonds is 5. The van der Waals surface area contributed by atoms with Crippen LogP contribution in [0.4, 0.5) is 10.1 Å². The zero-order valence-corrected chi connectivity index (χ0v) is 16.1. The molecule has 1 fully saturated rings. The van der Waals surface area contributed by atoms with E-state index >= 15 is 0 Å². The van der Waals surface area contributed by atoms with Gasteiger partial charge < -0.3 is 10.1 Å². The van der Waals surface area contributed by atoms with Gasteiger partial charge in [-0.15, -0.1) is 0 Å². The maximum absolute atomic E-state index is 12.9. The summed E-state index contributed by atoms with van der Waals surface area (Å²) >= 11 is 1.28. The van der Waals surface area contributed by atoms with Gasteiger partial charge in [-0.2, -0.15) is 0 Å². The van der Waals surface area contributed by atoms with E-state index in [0.29, 0.717) is 27.1 Å². The Morgan fingerprint density at radius 3 is 2.64 bits per heavy atom. The van der Waals surface area contributed by atoms with Gasteiger partial charge in [0, 0.05) is 25.3 Å². The molecule has 28 heavy (non-hydrogen) atoms. The number of hydrogen-bond acceptors (Lipinski definition) is 5. The van der Waals surface area contributed by atoms with Gasteiger partial charge in [0.15, 0.2) is 11.8 Å². The van der Waals surface area contributed by atoms with Gasteiger partial charge in [0.2, 0.25) is 0 Å². The first-order valence-electron chi connectivity index (χ1n) is 8.39. The van der Waals surface area contributed by atoms with Crippen molar-refractivity contribution < 1.29 is 18.7 Å². The fraction of sp³-hybridized carbons (Fsp3) is 0.150. The summed E-state index contributed by atoms with van der Waals surface area (Å²) in [5, 5.41) is 3.25. The number of ether oxygens (including phenoxy) is 1. The molecule has 8 heteroatoms. The zero-order chi connectivity index (χ0) is 20.1. The van der Waals surface area contributed by atoms with Gasteiger partial charge >= 0.3 is 0 Å². The lowest BCUT2D eigenvalue weighted by atomic mass is 10.2. The minimum absolute atomic E-state index is 0.144. The molecule has 0 aliphatic carbocycles. The highest BCUT2D eigenvalue weighted by atomic mass is 32.2. The Kier molecular flexibility index (Phi) is 6.10. The Bertz CT molecular complexity index is 957. The minimum atomic E-state index is -0.377. The minimum Gasteiger partial charge on any atom is -0.483 e. The van der Waals surface area contributed by atoms with Crippen molar-refractivity contribution in [3.8, 4) is 5.75 Å². The second kappa shape index (κ2) is 8.71. The van der Waals surface area contributed by atoms with Crippen LogP contribution in [-0.2, 0) is 9.59 Å². The van der Waals surface area contributed by atoms with Crippen LogP contribution >= 0.6 is 11.8 Å². The van der Waals surface area contributed by atoms with E-state index < -0.39 is 0 Å². The quantitative estimate of drug-likeness (QED) is 0.783. The molecular weight excluding hydrogens is 381 g/mol. The van der Waals surface area contributed by atoms with Gasteiger partial charge in [-0.25, -0.2) is 4.39 Å². The lowest BCUT2D eigenvalue weighted by Gasteiger charge is -2.10. The third-order valence-corrected chi connectivity index (χ3v) is 5.04. The molecule has 6 nitrogen and oxygen atoms in total. The van der Waals surface area contributed by atoms with Crippen LogP contribution in [0.5, 0.6) is 5.75 Å². The van der Waals surface area contributed by atoms with E-state index in [-0.39, 0.29) is 24.2 Å². The number of halogens is 1. The summed E-state index contributed by atoms with van der Waals surface area (Å²) in [7, 11) is 3.30. The van der Waals surface area contributed by atoms with Crippen molar-refractivity contribution in [2.24, 2.45) is 4.99 Å². The van der Waals surface area contributed by atoms with Crippen molar-refractivity contribution in [2.75, 3.05) is 26.0 Å². The molecule has 2 aromatic carbocycles. The number of anilines is 1. The van der Waals surface area contributed by atoms with Crippen molar-refractivity contribution in [3.63, 3.8) is 0 Å². The third kappa shape index (κ3) is 4.58. The number of para-hydroxylation sites is 1. The molecule has 0 atom stereocenters. The molecule has 1 aliphatic heterocycles. The van der Waals surface area contributed by atoms with Gasteiger partial charge in [0.1, 0.15) is 11.6 Å². The number of aliphatic imine (C=N–C) groups is 1. The van der Waals surface area contributed by atoms with Crippen molar-refractivity contribution in [2.45, 2.75) is 0 Å². The fourth-order valence-corrected chi connectivity index (χ4v) is 3.41. The molecule has 1 aliphatic rings. The van der Waals surface area contributed by atoms with Gasteiger partial charge in [-0.05, 0) is 48.2 Å². The number of nitrogens with one attached hydrogen (secondary N) is 1. The summed E-state index contributed by atoms with van der Waals surface area (Å²) in [6.07, 6.45) is 1.72. The average Bonchev–Trinajstić information content (AvgIpc) is 2.97. The first kappa shape index (κ1) is 19.6. The molecule has 2 aromatic rings. The highest BCUT2D eigenvalue weighted by Crippen LogP contribution is 2.33. The van der Waals surface area contributed by atoms with Crippen LogP contribution in [0.15, 0.2) is 58.4 Å². The van der Waals surface area contributed by atoms with Crippen LogP contribution in [0.3, 0.4) is 0 Å². The van der Waals surface area contributed by atoms with Crippen molar-refractivity contribution >= 4 is 40.5 Å². The molecule has 144 valence electrons. The Morgan fingerprint density at radius 2 is 1.96 bits per heavy atom. The van der Waals surface area contributed by atoms with Crippen molar-refractivity contribution in [1.82, 2.24) is 4.90 Å². The predicted molar refractivity (Wildman–Crippen MR) is 109 cm³/mol. The number of thioether (sulfide) groups is 1. The summed E-state index contributed by atoms with van der Waals surface area (Å²) in [4.78, 5) is 30.5. The van der Waals surface area contributed by atoms with Gasteiger partial charge in [-0.1, -0.05) is 18.2 Å². The fourth-order valence-electron chi connectivity index (χ4n) is 2.50. The van der Waals surface area contributed by atoms with Crippen LogP contribution in [0.1, 0.15) is 5.56 Å². The number of hydrogen-bond donors (Lipinski definition) is 1. The number of nitrogens with zero attached hydrogens (tertiary/aromatic N) is 2. The second-order valence-electron chi connectivity index (χ2n) is 5.86. The number of likely N-dealkylation sites (N-methyl/N-ethyl adjacent to an activating group) is 1. The Balaban J connectivity index is 1.69. The number of benzene rings is 2. The van der Waals surface area contributed by atoms with Crippen LogP contribution in [0.2, 0.25) is 0 Å². The third-order valence-electron chi connectivity index (χ3n) is 3.89. The van der Waals surface area contributed by atoms with E-state index in [1.54, 1.807) is 38.4 Å². The Labute approximate surface area is 166 Å². The largest absolute Gasteiger partial charge is 0.483 e. The van der Waals surface area contributed by atoms with Crippen LogP contribution < -0.4 is 10.1 Å². The summed E-state index contributed by atoms with van der Waals surface area (Å²) in [5.74, 6) is -0.422. The molecule has 0 spiro atoms. The van der Waals surface area contributed by atoms with Gasteiger partial charge in [0.25, 0.3) is 11.8 Å². The lowest BCUT2D eigenvalue weighted by Crippen LogP contribution is -2.23. The molecule has 0 radical (unpaired) electrons. The summed E-state index contributed by atoms with van der Waals surface area (Å²) in [6.45, 7) is -0.222. The summed E-state index contributed by atoms with van der Waals surface area (Å²) in [6, 6.07) is 12.6. The summed E-state index contributed by atoms with van der Waals surface area (Å²) < 4.78 is 18.6. The summed E-state index contributed by atoms with van der Waals surface area (Å²) in [5.41, 5.74) is 1.16. The van der Waals surface area contributed by atoms with Crippen LogP contribution in [0, 0.1) is 5.82 Å². The SMILES string of the molecule is CN=C1S/C(=C\c2ccccc2OCC(=O)Nc2ccc(F)cc2)C(=O)N1C. The van der Waals surface area contributed by atoms with E-state index in [0.717, 1.165) is 0 Å². The zero-order valence-electron chi connectivity index (χ0n) is 15.3. The first-order valence-corrected chi connectivity index (χ1v) is 9.21. The molecular formula is C20H18FN3O3S. The molecule has 1 N–H and O–H groups in total. The van der Waals surface area contributed by atoms with E-state index in [9.17, 15) is 14.0 Å². The van der Waals surface area contributed by atoms with E-state index in [1.165, 1.54) is 40.9 Å². The van der Waals surface area contributed by atoms with Crippen molar-refractivity contribution in [1.29, 1.82) is 0 Å². The van der Waals surface area contributed by atoms with E-state index in [4.69, 9.17) is 4.74 Å². The van der Waals surface area contributed by atoms with Gasteiger partial charge in [-0.3, -0.25) is 19.5 Å². The monoisotopic (exact) mass is 399 g/mol. The Hall–Kier alpha value is -3.13. The number of carbonyl (C=O) groups is 2. The highest BCUT2D eigenvalue weighted by Gasteiger charge is 2.29. The normalized spacial score (nSPS) is 16.7. The van der Waals surface area contributed by atoms with E-state index in [2.05, 4.69) is 10.3 Å². The van der Waals surface area contributed by atoms with E-state index in [1.807, 2.05) is 6.07 Å². The molecule has 0 unspecified atom stereocenters. The molecule has 0 saturated carbocycles. The lowest BCUT2D eigenvalue weighted by molar-refractivity contribution is -0.121. The average molecular weight is 399 g/mol. The molecule has 1 saturated heterocycles. The van der Waals surface area contributed by atoms with Crippen LogP contribution in [0.25, 0.3) is 6.08 Å². The number of amidine groups is 1. The van der Waals surface area contributed by atoms with Gasteiger partial charge in [0.05, 0.1) is 4.91 Å². The number of amides is 2. The molecule has 0 aromatic heterocycles.